The van der Waals surface area contributed by atoms with Gasteiger partial charge in [-0.05, 0) is 43.4 Å². The Labute approximate surface area is 429 Å². The van der Waals surface area contributed by atoms with E-state index in [4.69, 9.17) is 11.5 Å². The summed E-state index contributed by atoms with van der Waals surface area (Å²) in [5.74, 6) is -12.6. The van der Waals surface area contributed by atoms with Crippen LogP contribution in [-0.2, 0) is 59.2 Å². The van der Waals surface area contributed by atoms with Crippen molar-refractivity contribution in [2.75, 3.05) is 13.2 Å². The predicted molar refractivity (Wildman–Crippen MR) is 263 cm³/mol. The number of benzene rings is 1. The van der Waals surface area contributed by atoms with Crippen LogP contribution in [0.4, 0.5) is 0 Å². The molecule has 0 radical (unpaired) electrons. The highest BCUT2D eigenvalue weighted by Crippen LogP contribution is 2.16. The molecule has 17 N–H and O–H groups in total. The number of carboxylic acids is 1. The highest BCUT2D eigenvalue weighted by atomic mass is 16.4. The zero-order valence-electron chi connectivity index (χ0n) is 42.2. The van der Waals surface area contributed by atoms with Gasteiger partial charge < -0.3 is 79.5 Å². The zero-order chi connectivity index (χ0) is 55.5. The van der Waals surface area contributed by atoms with Crippen molar-refractivity contribution in [3.05, 3.63) is 29.8 Å². The molecule has 9 atom stereocenters. The van der Waals surface area contributed by atoms with Gasteiger partial charge in [-0.25, -0.2) is 0 Å². The normalized spacial score (nSPS) is 23.8. The number of aromatic hydroxyl groups is 1. The van der Waals surface area contributed by atoms with Gasteiger partial charge in [0.25, 0.3) is 0 Å². The largest absolute Gasteiger partial charge is 0.508 e. The van der Waals surface area contributed by atoms with Crippen molar-refractivity contribution in [3.63, 3.8) is 0 Å². The van der Waals surface area contributed by atoms with Gasteiger partial charge in [0.1, 0.15) is 48.0 Å². The quantitative estimate of drug-likeness (QED) is 0.0479. The fourth-order valence-corrected chi connectivity index (χ4v) is 7.84. The van der Waals surface area contributed by atoms with Crippen LogP contribution in [0.25, 0.3) is 0 Å². The lowest BCUT2D eigenvalue weighted by Gasteiger charge is -2.28. The number of carboxylic acid groups (broad SMARTS) is 1. The van der Waals surface area contributed by atoms with Crippen LogP contribution >= 0.6 is 0 Å². The lowest BCUT2D eigenvalue weighted by Crippen LogP contribution is -2.62. The van der Waals surface area contributed by atoms with Crippen LogP contribution in [0.5, 0.6) is 5.75 Å². The van der Waals surface area contributed by atoms with Crippen molar-refractivity contribution < 1.29 is 78.3 Å². The van der Waals surface area contributed by atoms with Crippen molar-refractivity contribution >= 4 is 65.0 Å². The summed E-state index contributed by atoms with van der Waals surface area (Å²) < 4.78 is 0. The molecule has 1 aliphatic rings. The second-order valence-electron chi connectivity index (χ2n) is 18.9. The number of aliphatic hydroxyl groups is 3. The van der Waals surface area contributed by atoms with Crippen molar-refractivity contribution in [2.45, 2.75) is 178 Å². The Morgan fingerprint density at radius 1 is 0.554 bits per heavy atom. The summed E-state index contributed by atoms with van der Waals surface area (Å²) in [6.45, 7) is 3.16. The molecular formula is C48H76N10O16. The number of hydrogen-bond acceptors (Lipinski definition) is 15. The lowest BCUT2D eigenvalue weighted by atomic mass is 10.0. The molecule has 1 aliphatic heterocycles. The number of amides is 10. The number of unbranched alkanes of at least 4 members (excludes halogenated alkanes) is 7. The highest BCUT2D eigenvalue weighted by molar-refractivity contribution is 5.99. The first-order valence-corrected chi connectivity index (χ1v) is 24.8. The topological polar surface area (TPSA) is 437 Å². The highest BCUT2D eigenvalue weighted by Gasteiger charge is 2.36. The summed E-state index contributed by atoms with van der Waals surface area (Å²) in [5.41, 5.74) is 11.2. The number of primary amides is 2. The van der Waals surface area contributed by atoms with E-state index in [0.29, 0.717) is 24.3 Å². The van der Waals surface area contributed by atoms with Crippen molar-refractivity contribution in [3.8, 4) is 5.75 Å². The number of rotatable bonds is 23. The van der Waals surface area contributed by atoms with Gasteiger partial charge in [0.15, 0.2) is 0 Å². The lowest BCUT2D eigenvalue weighted by molar-refractivity contribution is -0.139. The van der Waals surface area contributed by atoms with Crippen molar-refractivity contribution in [2.24, 2.45) is 17.4 Å². The molecule has 0 saturated carbocycles. The Balaban J connectivity index is 2.67. The third-order valence-corrected chi connectivity index (χ3v) is 11.9. The number of nitrogens with two attached hydrogens (primary N) is 2. The maximum Gasteiger partial charge on any atom is 0.303 e. The number of hydrogen-bond donors (Lipinski definition) is 15. The van der Waals surface area contributed by atoms with E-state index in [1.54, 1.807) is 0 Å². The number of phenols is 1. The Morgan fingerprint density at radius 2 is 0.986 bits per heavy atom. The van der Waals surface area contributed by atoms with Gasteiger partial charge in [-0.2, -0.15) is 0 Å². The first kappa shape index (κ1) is 63.2. The minimum atomic E-state index is -1.98. The molecule has 0 spiro atoms. The molecule has 2 rings (SSSR count). The summed E-state index contributed by atoms with van der Waals surface area (Å²) in [4.78, 5) is 146. The standard InChI is InChI=1S/C48H76N10O16/c1-26(2)12-10-8-6-4-5-7-9-11-13-29-21-39(65)52-33(22-37(49)63)44(70)54-32(20-28-14-16-30(62)17-15-28)43(69)55-34(23-38(50)64)45(71)57-35(24-59)46(72)53-31(18-19-40(66)67)42(68)56-36(25-60)47(73)58-41(27(3)61)48(74)51-29/h14-17,26-27,29,31-36,41,59-62H,4-13,18-25H2,1-3H3,(H2,49,63)(H2,50,64)(H,51,74)(H,52,65)(H,53,72)(H,54,70)(H,55,69)(H,56,68)(H,57,71)(H,58,73)(H,66,67). The molecule has 1 aromatic rings. The first-order valence-electron chi connectivity index (χ1n) is 24.8. The van der Waals surface area contributed by atoms with E-state index in [-0.39, 0.29) is 18.6 Å². The molecule has 74 heavy (non-hydrogen) atoms. The zero-order valence-corrected chi connectivity index (χ0v) is 42.2. The molecule has 1 saturated heterocycles. The maximum atomic E-state index is 14.1. The van der Waals surface area contributed by atoms with Crippen molar-refractivity contribution in [1.82, 2.24) is 42.5 Å². The summed E-state index contributed by atoms with van der Waals surface area (Å²) in [6, 6.07) is -8.62. The molecule has 9 unspecified atom stereocenters. The van der Waals surface area contributed by atoms with Crippen LogP contribution < -0.4 is 54.0 Å². The van der Waals surface area contributed by atoms with Gasteiger partial charge in [-0.15, -0.1) is 0 Å². The summed E-state index contributed by atoms with van der Waals surface area (Å²) in [7, 11) is 0. The Hall–Kier alpha value is -6.93. The smallest absolute Gasteiger partial charge is 0.303 e. The van der Waals surface area contributed by atoms with Crippen LogP contribution in [0.3, 0.4) is 0 Å². The van der Waals surface area contributed by atoms with E-state index < -0.39 is 165 Å². The summed E-state index contributed by atoms with van der Waals surface area (Å²) in [5, 5.41) is 68.7. The number of phenolic OH excluding ortho intramolecular Hbond substituents is 1. The van der Waals surface area contributed by atoms with E-state index in [1.165, 1.54) is 24.3 Å². The van der Waals surface area contributed by atoms with Gasteiger partial charge in [-0.3, -0.25) is 52.7 Å². The minimum absolute atomic E-state index is 0.158. The monoisotopic (exact) mass is 1050 g/mol. The SMILES string of the molecule is CC(C)CCCCCCCCCCC1CC(=O)NC(CC(N)=O)C(=O)NC(Cc2ccc(O)cc2)C(=O)NC(CC(N)=O)C(=O)NC(CO)C(=O)NC(CCC(=O)O)C(=O)NC(CO)C(=O)NC(C(C)O)C(=O)N1. The third-order valence-electron chi connectivity index (χ3n) is 11.9. The van der Waals surface area contributed by atoms with Gasteiger partial charge in [0, 0.05) is 25.3 Å². The fraction of sp³-hybridized carbons (Fsp3) is 0.646. The average Bonchev–Trinajstić information content (AvgIpc) is 3.32. The number of carbonyl (C=O) groups excluding carboxylic acids is 10. The van der Waals surface area contributed by atoms with Gasteiger partial charge in [-0.1, -0.05) is 83.8 Å². The van der Waals surface area contributed by atoms with E-state index in [2.05, 4.69) is 56.4 Å². The van der Waals surface area contributed by atoms with Gasteiger partial charge in [0.05, 0.1) is 32.2 Å². The first-order chi connectivity index (χ1) is 34.9. The molecule has 0 aromatic heterocycles. The Morgan fingerprint density at radius 3 is 1.49 bits per heavy atom. The molecular weight excluding hydrogens is 973 g/mol. The third kappa shape index (κ3) is 24.2. The second-order valence-corrected chi connectivity index (χ2v) is 18.9. The predicted octanol–water partition coefficient (Wildman–Crippen LogP) is -3.25. The number of aliphatic hydroxyl groups excluding tert-OH is 3. The van der Waals surface area contributed by atoms with Crippen LogP contribution in [0.15, 0.2) is 24.3 Å². The molecule has 26 nitrogen and oxygen atoms in total. The van der Waals surface area contributed by atoms with E-state index in [0.717, 1.165) is 51.9 Å². The van der Waals surface area contributed by atoms with Crippen LogP contribution in [0.2, 0.25) is 0 Å². The molecule has 0 aliphatic carbocycles. The molecule has 1 fully saturated rings. The van der Waals surface area contributed by atoms with Crippen LogP contribution in [0, 0.1) is 5.92 Å². The van der Waals surface area contributed by atoms with Crippen LogP contribution in [0.1, 0.15) is 123 Å². The number of aliphatic carboxylic acids is 1. The molecule has 1 aromatic carbocycles. The molecule has 1 heterocycles. The van der Waals surface area contributed by atoms with Gasteiger partial charge in [0.2, 0.25) is 59.1 Å². The number of carbonyl (C=O) groups is 11. The Kier molecular flexibility index (Phi) is 28.2. The van der Waals surface area contributed by atoms with Crippen LogP contribution in [-0.4, -0.2) is 158 Å². The molecule has 10 amide bonds. The molecule has 414 valence electrons. The average molecular weight is 1050 g/mol. The Bertz CT molecular complexity index is 2070. The second kappa shape index (κ2) is 33.0. The molecule has 26 heteroatoms. The van der Waals surface area contributed by atoms with E-state index >= 15 is 0 Å². The molecule has 0 bridgehead atoms. The van der Waals surface area contributed by atoms with Gasteiger partial charge >= 0.3 is 5.97 Å². The summed E-state index contributed by atoms with van der Waals surface area (Å²) in [6.07, 6.45) is 2.84. The minimum Gasteiger partial charge on any atom is -0.508 e. The fourth-order valence-electron chi connectivity index (χ4n) is 7.84. The van der Waals surface area contributed by atoms with E-state index in [1.807, 2.05) is 0 Å². The van der Waals surface area contributed by atoms with E-state index in [9.17, 15) is 78.3 Å². The van der Waals surface area contributed by atoms with Crippen molar-refractivity contribution in [1.29, 1.82) is 0 Å². The maximum absolute atomic E-state index is 14.1. The number of nitrogens with one attached hydrogen (secondary N) is 8. The summed E-state index contributed by atoms with van der Waals surface area (Å²) >= 11 is 0.